The van der Waals surface area contributed by atoms with Gasteiger partial charge in [-0.25, -0.2) is 4.79 Å². The number of hydrogen-bond acceptors (Lipinski definition) is 11. The van der Waals surface area contributed by atoms with Crippen LogP contribution in [0.4, 0.5) is 0 Å². The average Bonchev–Trinajstić information content (AvgIpc) is 3.99. The summed E-state index contributed by atoms with van der Waals surface area (Å²) in [5.41, 5.74) is -2.10. The summed E-state index contributed by atoms with van der Waals surface area (Å²) in [5.74, 6) is -4.54. The molecule has 3 heterocycles. The first-order valence-corrected chi connectivity index (χ1v) is 22.1. The van der Waals surface area contributed by atoms with Gasteiger partial charge in [0.25, 0.3) is 0 Å². The maximum atomic E-state index is 15.1. The summed E-state index contributed by atoms with van der Waals surface area (Å²) in [6, 6.07) is 23.3. The molecule has 6 fully saturated rings. The molecule has 5 aliphatic carbocycles. The number of aromatic nitrogens is 1. The lowest BCUT2D eigenvalue weighted by molar-refractivity contribution is -0.386. The van der Waals surface area contributed by atoms with Gasteiger partial charge in [0.2, 0.25) is 5.79 Å². The molecule has 8 N–H and O–H groups in total. The Balaban J connectivity index is 1.03. The van der Waals surface area contributed by atoms with Gasteiger partial charge in [-0.3, -0.25) is 0 Å². The third-order valence-corrected chi connectivity index (χ3v) is 17.2. The van der Waals surface area contributed by atoms with Crippen LogP contribution in [0.5, 0.6) is 11.5 Å². The van der Waals surface area contributed by atoms with Crippen LogP contribution in [0.25, 0.3) is 32.4 Å². The summed E-state index contributed by atoms with van der Waals surface area (Å²) >= 11 is 0. The molecule has 4 saturated carbocycles. The largest absolute Gasteiger partial charge is 0.508 e. The molecular weight excluding hydrogens is 777 g/mol. The summed E-state index contributed by atoms with van der Waals surface area (Å²) in [4.78, 5) is 18.3. The SMILES string of the molecule is CNC[C@@H]1C[C@@H]2[C@@H]3C4=C[C@@H](O)[C@]5(O)O[C@@H](C(=O)Oc6c(CO)[nH]c7ccc8cc9ccccc9cc8c67)[C@H](O[C@@]2(CC4)[C@]2(CC[C@@H]4CCC[C@@]42c2ccc(O)cc2)[C@H]1O)[C@]35O. The van der Waals surface area contributed by atoms with E-state index < -0.39 is 76.6 Å². The van der Waals surface area contributed by atoms with Crippen LogP contribution in [0.2, 0.25) is 0 Å². The van der Waals surface area contributed by atoms with Crippen molar-refractivity contribution in [1.29, 1.82) is 0 Å². The highest BCUT2D eigenvalue weighted by Gasteiger charge is 2.86. The molecule has 13 atom stereocenters. The van der Waals surface area contributed by atoms with Crippen LogP contribution in [0.3, 0.4) is 0 Å². The molecule has 12 nitrogen and oxygen atoms in total. The first-order chi connectivity index (χ1) is 29.5. The molecule has 2 aliphatic heterocycles. The number of aromatic hydroxyl groups is 1. The fourth-order valence-electron chi connectivity index (χ4n) is 15.2. The molecule has 1 aromatic heterocycles. The fourth-order valence-corrected chi connectivity index (χ4v) is 15.2. The second-order valence-electron chi connectivity index (χ2n) is 19.3. The molecule has 0 radical (unpaired) electrons. The maximum absolute atomic E-state index is 15.1. The Morgan fingerprint density at radius 1 is 0.951 bits per heavy atom. The Morgan fingerprint density at radius 3 is 2.51 bits per heavy atom. The van der Waals surface area contributed by atoms with Crippen LogP contribution < -0.4 is 10.1 Å². The van der Waals surface area contributed by atoms with E-state index in [1.54, 1.807) is 18.2 Å². The summed E-state index contributed by atoms with van der Waals surface area (Å²) in [6.45, 7) is 0.0410. The van der Waals surface area contributed by atoms with E-state index in [9.17, 15) is 30.6 Å². The van der Waals surface area contributed by atoms with Crippen molar-refractivity contribution in [3.63, 3.8) is 0 Å². The number of nitrogens with one attached hydrogen (secondary N) is 2. The van der Waals surface area contributed by atoms with Crippen LogP contribution >= 0.6 is 0 Å². The van der Waals surface area contributed by atoms with E-state index in [0.717, 1.165) is 58.4 Å². The lowest BCUT2D eigenvalue weighted by Crippen LogP contribution is -2.83. The zero-order chi connectivity index (χ0) is 41.8. The monoisotopic (exact) mass is 828 g/mol. The van der Waals surface area contributed by atoms with E-state index in [0.29, 0.717) is 43.1 Å². The highest BCUT2D eigenvalue weighted by Crippen LogP contribution is 2.79. The van der Waals surface area contributed by atoms with Gasteiger partial charge in [0.1, 0.15) is 18.0 Å². The first-order valence-electron chi connectivity index (χ1n) is 22.1. The summed E-state index contributed by atoms with van der Waals surface area (Å²) in [5, 5.41) is 79.7. The molecule has 12 rings (SSSR count). The molecule has 1 spiro atoms. The predicted molar refractivity (Wildman–Crippen MR) is 224 cm³/mol. The van der Waals surface area contributed by atoms with Crippen molar-refractivity contribution in [3.05, 3.63) is 95.7 Å². The maximum Gasteiger partial charge on any atom is 0.343 e. The molecule has 2 bridgehead atoms. The number of phenolic OH excluding ortho intramolecular Hbond substituents is 1. The third kappa shape index (κ3) is 4.50. The lowest BCUT2D eigenvalue weighted by atomic mass is 9.37. The number of aliphatic hydroxyl groups is 5. The number of benzene rings is 4. The normalized spacial score (nSPS) is 40.7. The molecule has 12 heteroatoms. The summed E-state index contributed by atoms with van der Waals surface area (Å²) in [7, 11) is 1.87. The molecule has 4 aromatic carbocycles. The second-order valence-corrected chi connectivity index (χ2v) is 19.3. The van der Waals surface area contributed by atoms with Crippen LogP contribution in [-0.2, 0) is 26.3 Å². The Bertz CT molecular complexity index is 2680. The highest BCUT2D eigenvalue weighted by atomic mass is 16.7. The van der Waals surface area contributed by atoms with Gasteiger partial charge in [0.15, 0.2) is 17.5 Å². The Kier molecular flexibility index (Phi) is 8.08. The molecule has 2 saturated heterocycles. The first kappa shape index (κ1) is 38.3. The molecular formula is C49H52N2O10. The van der Waals surface area contributed by atoms with Gasteiger partial charge in [0.05, 0.1) is 34.9 Å². The minimum atomic E-state index is -2.63. The van der Waals surface area contributed by atoms with Crippen LogP contribution in [-0.4, -0.2) is 96.6 Å². The van der Waals surface area contributed by atoms with Crippen LogP contribution in [0.15, 0.2) is 84.4 Å². The number of aromatic amines is 1. The topological polar surface area (TPSA) is 194 Å². The molecule has 61 heavy (non-hydrogen) atoms. The minimum absolute atomic E-state index is 0.0996. The van der Waals surface area contributed by atoms with Gasteiger partial charge >= 0.3 is 5.97 Å². The lowest BCUT2D eigenvalue weighted by Gasteiger charge is -2.73. The van der Waals surface area contributed by atoms with Crippen molar-refractivity contribution in [2.75, 3.05) is 13.6 Å². The van der Waals surface area contributed by atoms with Crippen molar-refractivity contribution < 1.29 is 49.6 Å². The number of ether oxygens (including phenoxy) is 3. The molecule has 0 amide bonds. The zero-order valence-electron chi connectivity index (χ0n) is 34.0. The van der Waals surface area contributed by atoms with Crippen LogP contribution in [0.1, 0.15) is 62.6 Å². The minimum Gasteiger partial charge on any atom is -0.508 e. The number of rotatable bonds is 6. The number of carbonyl (C=O) groups is 1. The Morgan fingerprint density at radius 2 is 1.74 bits per heavy atom. The summed E-state index contributed by atoms with van der Waals surface area (Å²) in [6.07, 6.45) is 1.47. The van der Waals surface area contributed by atoms with Crippen molar-refractivity contribution in [1.82, 2.24) is 10.3 Å². The van der Waals surface area contributed by atoms with Crippen molar-refractivity contribution in [2.24, 2.45) is 29.1 Å². The Hall–Kier alpha value is -4.37. The number of esters is 1. The number of phenols is 1. The number of fused-ring (bicyclic) bond motifs is 6. The van der Waals surface area contributed by atoms with E-state index in [1.807, 2.05) is 61.6 Å². The fraction of sp³-hybridized carbons (Fsp3) is 0.490. The van der Waals surface area contributed by atoms with Crippen molar-refractivity contribution >= 4 is 38.4 Å². The number of H-pyrrole nitrogens is 1. The predicted octanol–water partition coefficient (Wildman–Crippen LogP) is 4.98. The highest BCUT2D eigenvalue weighted by molar-refractivity contribution is 6.14. The molecule has 0 unspecified atom stereocenters. The van der Waals surface area contributed by atoms with Gasteiger partial charge < -0.3 is 55.2 Å². The van der Waals surface area contributed by atoms with Gasteiger partial charge in [-0.2, -0.15) is 0 Å². The van der Waals surface area contributed by atoms with E-state index in [1.165, 1.54) is 0 Å². The third-order valence-electron chi connectivity index (χ3n) is 17.2. The van der Waals surface area contributed by atoms with Gasteiger partial charge in [-0.15, -0.1) is 0 Å². The number of hydrogen-bond donors (Lipinski definition) is 8. The number of carbonyl (C=O) groups excluding carboxylic acids is 1. The van der Waals surface area contributed by atoms with E-state index >= 15 is 4.79 Å². The molecule has 318 valence electrons. The van der Waals surface area contributed by atoms with E-state index in [-0.39, 0.29) is 29.0 Å². The smallest absolute Gasteiger partial charge is 0.343 e. The van der Waals surface area contributed by atoms with E-state index in [4.69, 9.17) is 14.2 Å². The quantitative estimate of drug-likeness (QED) is 0.0654. The van der Waals surface area contributed by atoms with Gasteiger partial charge in [-0.1, -0.05) is 60.5 Å². The molecule has 5 aromatic rings. The van der Waals surface area contributed by atoms with E-state index in [2.05, 4.69) is 16.4 Å². The second kappa shape index (κ2) is 12.9. The van der Waals surface area contributed by atoms with Crippen molar-refractivity contribution in [3.8, 4) is 11.5 Å². The Labute approximate surface area is 352 Å². The standard InChI is InChI=1S/C49H52N2O10/c1-50-23-29-21-34-39-28-14-18-47(34,46(42(29)55)17-15-30-7-4-16-45(30,46)31-9-11-32(53)12-10-31)61-43-41(60-49(58,37(54)22-28)48(39,43)57)44(56)59-40-36(24-52)51-35-13-8-27-19-25-5-2-3-6-26(25)20-33(27)38(35)40/h2-3,5-6,8-13,19-20,22,29-30,34,37,39,41-43,50-55,57-58H,4,7,14-18,21,23-24H2,1H3/t29-,30-,34+,37+,39-,41+,42-,43-,45-,46+,47+,48+,49-/m0/s1. The number of aliphatic hydroxyl groups excluding tert-OH is 3. The average molecular weight is 829 g/mol. The van der Waals surface area contributed by atoms with Crippen LogP contribution in [0, 0.1) is 29.1 Å². The van der Waals surface area contributed by atoms with Crippen molar-refractivity contribution in [2.45, 2.75) is 105 Å². The van der Waals surface area contributed by atoms with Gasteiger partial charge in [0, 0.05) is 23.3 Å². The summed E-state index contributed by atoms with van der Waals surface area (Å²) < 4.78 is 20.3. The van der Waals surface area contributed by atoms with Gasteiger partial charge in [-0.05, 0) is 127 Å². The molecule has 7 aliphatic rings. The zero-order valence-corrected chi connectivity index (χ0v) is 34.0.